The molecule has 3 heteroatoms. The summed E-state index contributed by atoms with van der Waals surface area (Å²) in [4.78, 5) is 6.19. The van der Waals surface area contributed by atoms with Crippen molar-refractivity contribution in [3.63, 3.8) is 0 Å². The summed E-state index contributed by atoms with van der Waals surface area (Å²) in [5.41, 5.74) is 8.49. The molecule has 2 nitrogen and oxygen atoms in total. The van der Waals surface area contributed by atoms with E-state index in [2.05, 4.69) is 83.0 Å². The van der Waals surface area contributed by atoms with Crippen LogP contribution < -0.4 is 0 Å². The van der Waals surface area contributed by atoms with Crippen LogP contribution in [0, 0.1) is 20.8 Å². The number of benzene rings is 2. The predicted molar refractivity (Wildman–Crippen MR) is 114 cm³/mol. The predicted octanol–water partition coefficient (Wildman–Crippen LogP) is 6.24. The molecule has 1 N–H and O–H groups in total. The maximum absolute atomic E-state index is 3.67. The highest BCUT2D eigenvalue weighted by atomic mass is 79.9. The first-order chi connectivity index (χ1) is 12.5. The molecule has 1 aromatic heterocycles. The van der Waals surface area contributed by atoms with Crippen LogP contribution in [0.25, 0.3) is 10.9 Å². The van der Waals surface area contributed by atoms with Gasteiger partial charge in [-0.1, -0.05) is 30.3 Å². The first-order valence-corrected chi connectivity index (χ1v) is 10.4. The molecule has 2 aromatic carbocycles. The number of halogens is 1. The van der Waals surface area contributed by atoms with Gasteiger partial charge in [0.2, 0.25) is 0 Å². The summed E-state index contributed by atoms with van der Waals surface area (Å²) >= 11 is 3.67. The summed E-state index contributed by atoms with van der Waals surface area (Å²) in [6.07, 6.45) is 2.52. The van der Waals surface area contributed by atoms with Gasteiger partial charge in [0.1, 0.15) is 0 Å². The largest absolute Gasteiger partial charge is 0.357 e. The molecule has 3 aromatic rings. The lowest BCUT2D eigenvalue weighted by Crippen LogP contribution is -2.33. The first kappa shape index (κ1) is 17.8. The zero-order valence-electron chi connectivity index (χ0n) is 15.9. The quantitative estimate of drug-likeness (QED) is 0.541. The van der Waals surface area contributed by atoms with Gasteiger partial charge in [-0.3, -0.25) is 4.90 Å². The first-order valence-electron chi connectivity index (χ1n) is 9.58. The number of aromatic amines is 1. The topological polar surface area (TPSA) is 19.0 Å². The van der Waals surface area contributed by atoms with Crippen molar-refractivity contribution in [2.75, 3.05) is 13.1 Å². The summed E-state index contributed by atoms with van der Waals surface area (Å²) < 4.78 is 1.15. The van der Waals surface area contributed by atoms with Crippen LogP contribution in [0.5, 0.6) is 0 Å². The Balaban J connectivity index is 1.50. The van der Waals surface area contributed by atoms with Crippen LogP contribution in [0.3, 0.4) is 0 Å². The van der Waals surface area contributed by atoms with Gasteiger partial charge in [-0.25, -0.2) is 0 Å². The monoisotopic (exact) mass is 410 g/mol. The molecular weight excluding hydrogens is 384 g/mol. The lowest BCUT2D eigenvalue weighted by atomic mass is 9.84. The van der Waals surface area contributed by atoms with E-state index in [1.54, 1.807) is 5.56 Å². The molecular formula is C23H27BrN2. The number of para-hydroxylation sites is 1. The Bertz CT molecular complexity index is 913. The summed E-state index contributed by atoms with van der Waals surface area (Å²) in [6, 6.07) is 13.2. The van der Waals surface area contributed by atoms with E-state index in [1.807, 2.05) is 0 Å². The van der Waals surface area contributed by atoms with E-state index < -0.39 is 0 Å². The Morgan fingerprint density at radius 3 is 2.35 bits per heavy atom. The molecule has 1 aliphatic rings. The molecule has 2 heterocycles. The fraction of sp³-hybridized carbons (Fsp3) is 0.391. The highest BCUT2D eigenvalue weighted by Crippen LogP contribution is 2.34. The van der Waals surface area contributed by atoms with Crippen LogP contribution in [0.4, 0.5) is 0 Å². The molecule has 0 aliphatic carbocycles. The molecule has 0 spiro atoms. The Morgan fingerprint density at radius 2 is 1.65 bits per heavy atom. The van der Waals surface area contributed by atoms with Crippen molar-refractivity contribution >= 4 is 26.8 Å². The van der Waals surface area contributed by atoms with Crippen LogP contribution >= 0.6 is 15.9 Å². The van der Waals surface area contributed by atoms with Crippen LogP contribution in [0.1, 0.15) is 46.7 Å². The van der Waals surface area contributed by atoms with E-state index in [4.69, 9.17) is 0 Å². The highest BCUT2D eigenvalue weighted by molar-refractivity contribution is 9.10. The minimum Gasteiger partial charge on any atom is -0.357 e. The van der Waals surface area contributed by atoms with Crippen molar-refractivity contribution in [2.45, 2.75) is 46.1 Å². The number of hydrogen-bond donors (Lipinski definition) is 1. The van der Waals surface area contributed by atoms with E-state index in [1.165, 1.54) is 59.2 Å². The number of likely N-dealkylation sites (tertiary alicyclic amines) is 1. The maximum Gasteiger partial charge on any atom is 0.0603 e. The molecule has 26 heavy (non-hydrogen) atoms. The number of nitrogens with one attached hydrogen (secondary N) is 1. The molecule has 0 unspecified atom stereocenters. The maximum atomic E-state index is 3.67. The van der Waals surface area contributed by atoms with E-state index in [-0.39, 0.29) is 0 Å². The average Bonchev–Trinajstić information content (AvgIpc) is 2.94. The van der Waals surface area contributed by atoms with Crippen molar-refractivity contribution in [3.8, 4) is 0 Å². The van der Waals surface area contributed by atoms with Gasteiger partial charge in [-0.15, -0.1) is 0 Å². The summed E-state index contributed by atoms with van der Waals surface area (Å²) in [5, 5.41) is 1.36. The zero-order valence-corrected chi connectivity index (χ0v) is 17.5. The van der Waals surface area contributed by atoms with Gasteiger partial charge in [-0.2, -0.15) is 0 Å². The molecule has 0 atom stereocenters. The molecule has 1 aliphatic heterocycles. The van der Waals surface area contributed by atoms with Gasteiger partial charge in [0.15, 0.2) is 0 Å². The van der Waals surface area contributed by atoms with Gasteiger partial charge in [0.05, 0.1) is 5.52 Å². The number of nitrogens with zero attached hydrogens (tertiary/aromatic N) is 1. The number of aryl methyl sites for hydroxylation is 3. The zero-order chi connectivity index (χ0) is 18.3. The van der Waals surface area contributed by atoms with Crippen molar-refractivity contribution in [3.05, 3.63) is 68.8 Å². The average molecular weight is 411 g/mol. The number of H-pyrrole nitrogens is 1. The van der Waals surface area contributed by atoms with Crippen LogP contribution in [0.15, 0.2) is 40.9 Å². The van der Waals surface area contributed by atoms with Gasteiger partial charge in [0.25, 0.3) is 0 Å². The van der Waals surface area contributed by atoms with Crippen LogP contribution in [-0.2, 0) is 6.54 Å². The normalized spacial score (nSPS) is 16.5. The number of aromatic nitrogens is 1. The number of rotatable bonds is 3. The third-order valence-corrected chi connectivity index (χ3v) is 6.68. The smallest absolute Gasteiger partial charge is 0.0603 e. The summed E-state index contributed by atoms with van der Waals surface area (Å²) in [7, 11) is 0. The number of hydrogen-bond acceptors (Lipinski definition) is 1. The molecule has 0 saturated carbocycles. The standard InChI is InChI=1S/C23H27BrN2/c1-15-6-4-7-16(2)22(15)18-10-12-26(13-11-18)14-20-17(3)25-23-19(20)8-5-9-21(23)24/h4-9,18,25H,10-14H2,1-3H3. The lowest BCUT2D eigenvalue weighted by molar-refractivity contribution is 0.204. The minimum atomic E-state index is 0.714. The molecule has 0 amide bonds. The van der Waals surface area contributed by atoms with Gasteiger partial charge < -0.3 is 4.98 Å². The van der Waals surface area contributed by atoms with E-state index in [0.29, 0.717) is 5.92 Å². The van der Waals surface area contributed by atoms with Crippen molar-refractivity contribution in [1.82, 2.24) is 9.88 Å². The van der Waals surface area contributed by atoms with Crippen molar-refractivity contribution in [2.24, 2.45) is 0 Å². The lowest BCUT2D eigenvalue weighted by Gasteiger charge is -2.33. The Kier molecular flexibility index (Phi) is 4.94. The van der Waals surface area contributed by atoms with Gasteiger partial charge in [0, 0.05) is 22.1 Å². The Hall–Kier alpha value is -1.58. The van der Waals surface area contributed by atoms with E-state index in [0.717, 1.165) is 11.0 Å². The number of fused-ring (bicyclic) bond motifs is 1. The van der Waals surface area contributed by atoms with Crippen molar-refractivity contribution in [1.29, 1.82) is 0 Å². The molecule has 4 rings (SSSR count). The molecule has 1 saturated heterocycles. The summed E-state index contributed by atoms with van der Waals surface area (Å²) in [5.74, 6) is 0.714. The summed E-state index contributed by atoms with van der Waals surface area (Å²) in [6.45, 7) is 10.1. The fourth-order valence-electron chi connectivity index (χ4n) is 4.65. The third-order valence-electron chi connectivity index (χ3n) is 6.02. The third kappa shape index (κ3) is 3.23. The van der Waals surface area contributed by atoms with Gasteiger partial charge >= 0.3 is 0 Å². The van der Waals surface area contributed by atoms with Crippen LogP contribution in [0.2, 0.25) is 0 Å². The van der Waals surface area contributed by atoms with E-state index in [9.17, 15) is 0 Å². The molecule has 1 fully saturated rings. The minimum absolute atomic E-state index is 0.714. The van der Waals surface area contributed by atoms with Crippen molar-refractivity contribution < 1.29 is 0 Å². The second-order valence-corrected chi connectivity index (χ2v) is 8.60. The number of piperidine rings is 1. The molecule has 136 valence electrons. The Morgan fingerprint density at radius 1 is 1.00 bits per heavy atom. The molecule has 0 bridgehead atoms. The van der Waals surface area contributed by atoms with Crippen LogP contribution in [-0.4, -0.2) is 23.0 Å². The fourth-order valence-corrected chi connectivity index (χ4v) is 5.11. The SMILES string of the molecule is Cc1cccc(C)c1C1CCN(Cc2c(C)[nH]c3c(Br)cccc23)CC1. The Labute approximate surface area is 164 Å². The van der Waals surface area contributed by atoms with E-state index >= 15 is 0 Å². The second-order valence-electron chi connectivity index (χ2n) is 7.75. The highest BCUT2D eigenvalue weighted by Gasteiger charge is 2.24. The molecule has 0 radical (unpaired) electrons. The van der Waals surface area contributed by atoms with Gasteiger partial charge in [-0.05, 0) is 96.9 Å². The second kappa shape index (κ2) is 7.21.